The largest absolute Gasteiger partial charge is 0.508 e. The van der Waals surface area contributed by atoms with E-state index < -0.39 is 17.2 Å². The van der Waals surface area contributed by atoms with Gasteiger partial charge < -0.3 is 19.8 Å². The third-order valence-corrected chi connectivity index (χ3v) is 5.12. The summed E-state index contributed by atoms with van der Waals surface area (Å²) in [7, 11) is 3.04. The predicted molar refractivity (Wildman–Crippen MR) is 119 cm³/mol. The summed E-state index contributed by atoms with van der Waals surface area (Å²) in [5.41, 5.74) is 0.343. The van der Waals surface area contributed by atoms with Gasteiger partial charge in [-0.3, -0.25) is 14.2 Å². The van der Waals surface area contributed by atoms with E-state index >= 15 is 0 Å². The number of hydrogen-bond donors (Lipinski definition) is 2. The van der Waals surface area contributed by atoms with Gasteiger partial charge in [0.25, 0.3) is 11.5 Å². The van der Waals surface area contributed by atoms with Crippen LogP contribution in [0.4, 0.5) is 5.69 Å². The number of aromatic nitrogens is 1. The van der Waals surface area contributed by atoms with Crippen LogP contribution in [0.3, 0.4) is 0 Å². The summed E-state index contributed by atoms with van der Waals surface area (Å²) in [5.74, 6) is -0.513. The number of pyridine rings is 1. The Labute approximate surface area is 178 Å². The van der Waals surface area contributed by atoms with Crippen LogP contribution in [0.2, 0.25) is 0 Å². The number of phenols is 1. The lowest BCUT2D eigenvalue weighted by atomic mass is 10.1. The van der Waals surface area contributed by atoms with Crippen molar-refractivity contribution in [3.63, 3.8) is 0 Å². The SMILES string of the molecule is COc1ccc2c(O)c(C(=O)N(C)c3ccccc3)c(=O)n(-c3ccc(O)cc3)c2c1. The van der Waals surface area contributed by atoms with Gasteiger partial charge in [0, 0.05) is 29.9 Å². The molecule has 1 heterocycles. The lowest BCUT2D eigenvalue weighted by Gasteiger charge is -2.20. The second kappa shape index (κ2) is 7.87. The van der Waals surface area contributed by atoms with Crippen molar-refractivity contribution >= 4 is 22.5 Å². The molecule has 3 aromatic carbocycles. The van der Waals surface area contributed by atoms with E-state index in [4.69, 9.17) is 4.74 Å². The molecule has 7 nitrogen and oxygen atoms in total. The number of anilines is 1. The first-order chi connectivity index (χ1) is 14.9. The molecule has 0 atom stereocenters. The number of aromatic hydroxyl groups is 2. The Kier molecular flexibility index (Phi) is 5.09. The van der Waals surface area contributed by atoms with Crippen LogP contribution < -0.4 is 15.2 Å². The molecule has 4 rings (SSSR count). The monoisotopic (exact) mass is 416 g/mol. The normalized spacial score (nSPS) is 10.8. The number of ether oxygens (including phenoxy) is 1. The minimum absolute atomic E-state index is 0.0394. The van der Waals surface area contributed by atoms with Crippen molar-refractivity contribution in [3.8, 4) is 22.9 Å². The molecule has 156 valence electrons. The molecule has 2 N–H and O–H groups in total. The molecule has 1 amide bonds. The first kappa shape index (κ1) is 20.0. The number of carbonyl (C=O) groups is 1. The lowest BCUT2D eigenvalue weighted by molar-refractivity contribution is 0.0989. The summed E-state index contributed by atoms with van der Waals surface area (Å²) >= 11 is 0. The number of fused-ring (bicyclic) bond motifs is 1. The molecule has 31 heavy (non-hydrogen) atoms. The standard InChI is InChI=1S/C24H20N2O5/c1-25(15-6-4-3-5-7-15)23(29)21-22(28)19-13-12-18(31-2)14-20(19)26(24(21)30)16-8-10-17(27)11-9-16/h3-14,27-28H,1-2H3. The van der Waals surface area contributed by atoms with Gasteiger partial charge in [-0.2, -0.15) is 0 Å². The van der Waals surface area contributed by atoms with E-state index in [1.807, 2.05) is 6.07 Å². The van der Waals surface area contributed by atoms with Gasteiger partial charge in [0.1, 0.15) is 22.8 Å². The maximum absolute atomic E-state index is 13.5. The van der Waals surface area contributed by atoms with Gasteiger partial charge in [-0.1, -0.05) is 18.2 Å². The van der Waals surface area contributed by atoms with Crippen molar-refractivity contribution in [1.29, 1.82) is 0 Å². The molecule has 0 saturated carbocycles. The summed E-state index contributed by atoms with van der Waals surface area (Å²) < 4.78 is 6.60. The number of carbonyl (C=O) groups excluding carboxylic acids is 1. The second-order valence-electron chi connectivity index (χ2n) is 6.96. The molecular weight excluding hydrogens is 396 g/mol. The van der Waals surface area contributed by atoms with Crippen LogP contribution >= 0.6 is 0 Å². The molecule has 7 heteroatoms. The number of phenolic OH excluding ortho intramolecular Hbond substituents is 1. The zero-order valence-corrected chi connectivity index (χ0v) is 16.9. The molecule has 0 aliphatic rings. The Hall–Kier alpha value is -4.26. The summed E-state index contributed by atoms with van der Waals surface area (Å²) in [5, 5.41) is 20.9. The number of hydrogen-bond acceptors (Lipinski definition) is 5. The number of nitrogens with zero attached hydrogens (tertiary/aromatic N) is 2. The summed E-state index contributed by atoms with van der Waals surface area (Å²) in [6.07, 6.45) is 0. The molecule has 0 aliphatic carbocycles. The van der Waals surface area contributed by atoms with Crippen LogP contribution in [0, 0.1) is 0 Å². The maximum atomic E-state index is 13.5. The Morgan fingerprint density at radius 1 is 0.968 bits per heavy atom. The molecule has 0 saturated heterocycles. The summed E-state index contributed by atoms with van der Waals surface area (Å²) in [4.78, 5) is 28.1. The van der Waals surface area contributed by atoms with Crippen LogP contribution in [0.5, 0.6) is 17.2 Å². The predicted octanol–water partition coefficient (Wildman–Crippen LogP) is 3.69. The molecule has 0 spiro atoms. The van der Waals surface area contributed by atoms with E-state index in [1.54, 1.807) is 61.6 Å². The number of rotatable bonds is 4. The van der Waals surface area contributed by atoms with E-state index in [1.165, 1.54) is 28.7 Å². The average molecular weight is 416 g/mol. The van der Waals surface area contributed by atoms with E-state index in [9.17, 15) is 19.8 Å². The highest BCUT2D eigenvalue weighted by Crippen LogP contribution is 2.32. The first-order valence-electron chi connectivity index (χ1n) is 9.50. The van der Waals surface area contributed by atoms with Gasteiger partial charge >= 0.3 is 0 Å². The van der Waals surface area contributed by atoms with Crippen molar-refractivity contribution in [2.45, 2.75) is 0 Å². The number of methoxy groups -OCH3 is 1. The van der Waals surface area contributed by atoms with Gasteiger partial charge in [0.2, 0.25) is 0 Å². The van der Waals surface area contributed by atoms with Gasteiger partial charge in [-0.05, 0) is 48.5 Å². The fourth-order valence-electron chi connectivity index (χ4n) is 3.47. The topological polar surface area (TPSA) is 92.0 Å². The smallest absolute Gasteiger partial charge is 0.272 e. The van der Waals surface area contributed by atoms with Crippen LogP contribution in [0.1, 0.15) is 10.4 Å². The Balaban J connectivity index is 2.02. The van der Waals surface area contributed by atoms with Crippen LogP contribution in [-0.2, 0) is 0 Å². The van der Waals surface area contributed by atoms with Crippen LogP contribution in [0.15, 0.2) is 77.6 Å². The number of benzene rings is 3. The summed E-state index contributed by atoms with van der Waals surface area (Å²) in [6, 6.07) is 19.7. The zero-order valence-electron chi connectivity index (χ0n) is 16.9. The average Bonchev–Trinajstić information content (AvgIpc) is 2.80. The van der Waals surface area contributed by atoms with Gasteiger partial charge in [0.15, 0.2) is 0 Å². The Morgan fingerprint density at radius 2 is 1.65 bits per heavy atom. The van der Waals surface area contributed by atoms with E-state index in [2.05, 4.69) is 0 Å². The van der Waals surface area contributed by atoms with Gasteiger partial charge in [-0.25, -0.2) is 0 Å². The van der Waals surface area contributed by atoms with Crippen molar-refractivity contribution in [1.82, 2.24) is 4.57 Å². The van der Waals surface area contributed by atoms with Crippen molar-refractivity contribution in [3.05, 3.63) is 88.7 Å². The molecule has 1 aromatic heterocycles. The molecule has 0 fully saturated rings. The minimum Gasteiger partial charge on any atom is -0.508 e. The fraction of sp³-hybridized carbons (Fsp3) is 0.0833. The fourth-order valence-corrected chi connectivity index (χ4v) is 3.47. The molecule has 0 aliphatic heterocycles. The van der Waals surface area contributed by atoms with Gasteiger partial charge in [-0.15, -0.1) is 0 Å². The van der Waals surface area contributed by atoms with E-state index in [0.29, 0.717) is 28.0 Å². The van der Waals surface area contributed by atoms with Crippen molar-refractivity contribution in [2.24, 2.45) is 0 Å². The van der Waals surface area contributed by atoms with Crippen molar-refractivity contribution < 1.29 is 19.7 Å². The Bertz CT molecular complexity index is 1330. The van der Waals surface area contributed by atoms with Crippen LogP contribution in [0.25, 0.3) is 16.6 Å². The van der Waals surface area contributed by atoms with Crippen LogP contribution in [-0.4, -0.2) is 34.8 Å². The second-order valence-corrected chi connectivity index (χ2v) is 6.96. The highest BCUT2D eigenvalue weighted by molar-refractivity contribution is 6.10. The van der Waals surface area contributed by atoms with Gasteiger partial charge in [0.05, 0.1) is 12.6 Å². The first-order valence-corrected chi connectivity index (χ1v) is 9.50. The highest BCUT2D eigenvalue weighted by atomic mass is 16.5. The molecule has 4 aromatic rings. The third-order valence-electron chi connectivity index (χ3n) is 5.12. The maximum Gasteiger partial charge on any atom is 0.272 e. The highest BCUT2D eigenvalue weighted by Gasteiger charge is 2.26. The minimum atomic E-state index is -0.684. The van der Waals surface area contributed by atoms with E-state index in [0.717, 1.165) is 0 Å². The molecular formula is C24H20N2O5. The zero-order chi connectivity index (χ0) is 22.1. The molecule has 0 radical (unpaired) electrons. The number of para-hydroxylation sites is 1. The molecule has 0 unspecified atom stereocenters. The Morgan fingerprint density at radius 3 is 2.29 bits per heavy atom. The quantitative estimate of drug-likeness (QED) is 0.529. The van der Waals surface area contributed by atoms with Crippen molar-refractivity contribution in [2.75, 3.05) is 19.1 Å². The summed E-state index contributed by atoms with van der Waals surface area (Å²) in [6.45, 7) is 0. The molecule has 0 bridgehead atoms. The third kappa shape index (κ3) is 3.46. The van der Waals surface area contributed by atoms with E-state index in [-0.39, 0.29) is 11.3 Å². The lowest BCUT2D eigenvalue weighted by Crippen LogP contribution is -2.34. The number of amides is 1.